The molecule has 0 aromatic heterocycles. The number of carbonyl (C=O) groups is 2. The SMILES string of the molecule is CCCCCCCCCCCCCCCC(=O)[C@](N)(CCCNC(=N)N)C(=O)OCCCCCCCCCCCC.Cl. The van der Waals surface area contributed by atoms with E-state index < -0.39 is 11.5 Å². The number of carbonyl (C=O) groups excluding carboxylic acids is 2. The van der Waals surface area contributed by atoms with Crippen LogP contribution in [0.5, 0.6) is 0 Å². The van der Waals surface area contributed by atoms with Gasteiger partial charge in [-0.3, -0.25) is 10.2 Å². The van der Waals surface area contributed by atoms with Gasteiger partial charge in [0, 0.05) is 13.0 Å². The highest BCUT2D eigenvalue weighted by atomic mass is 35.5. The van der Waals surface area contributed by atoms with Crippen molar-refractivity contribution in [3.05, 3.63) is 0 Å². The zero-order valence-corrected chi connectivity index (χ0v) is 28.4. The van der Waals surface area contributed by atoms with Crippen LogP contribution < -0.4 is 16.8 Å². The summed E-state index contributed by atoms with van der Waals surface area (Å²) in [5.41, 5.74) is 10.2. The predicted molar refractivity (Wildman–Crippen MR) is 181 cm³/mol. The molecule has 0 heterocycles. The summed E-state index contributed by atoms with van der Waals surface area (Å²) in [5, 5.41) is 10.0. The number of nitrogens with one attached hydrogen (secondary N) is 2. The van der Waals surface area contributed by atoms with Gasteiger partial charge in [-0.2, -0.15) is 0 Å². The molecule has 0 saturated heterocycles. The van der Waals surface area contributed by atoms with Gasteiger partial charge >= 0.3 is 5.97 Å². The fourth-order valence-electron chi connectivity index (χ4n) is 5.36. The number of ketones is 1. The zero-order chi connectivity index (χ0) is 30.4. The van der Waals surface area contributed by atoms with Crippen LogP contribution in [0.15, 0.2) is 0 Å². The second kappa shape index (κ2) is 31.1. The molecule has 0 aliphatic heterocycles. The third-order valence-electron chi connectivity index (χ3n) is 8.16. The van der Waals surface area contributed by atoms with Gasteiger partial charge in [0.25, 0.3) is 0 Å². The number of nitrogens with two attached hydrogens (primary N) is 2. The maximum absolute atomic E-state index is 13.1. The van der Waals surface area contributed by atoms with E-state index >= 15 is 0 Å². The van der Waals surface area contributed by atoms with Gasteiger partial charge in [0.1, 0.15) is 0 Å². The van der Waals surface area contributed by atoms with E-state index in [9.17, 15) is 9.59 Å². The molecule has 0 radical (unpaired) electrons. The quantitative estimate of drug-likeness (QED) is 0.0202. The van der Waals surface area contributed by atoms with Gasteiger partial charge in [-0.15, -0.1) is 12.4 Å². The largest absolute Gasteiger partial charge is 0.464 e. The van der Waals surface area contributed by atoms with Crippen LogP contribution >= 0.6 is 12.4 Å². The van der Waals surface area contributed by atoms with Crippen molar-refractivity contribution < 1.29 is 14.3 Å². The maximum Gasteiger partial charge on any atom is 0.333 e. The number of esters is 1. The molecule has 0 saturated carbocycles. The minimum Gasteiger partial charge on any atom is -0.464 e. The van der Waals surface area contributed by atoms with E-state index in [1.54, 1.807) is 0 Å². The van der Waals surface area contributed by atoms with Crippen molar-refractivity contribution in [3.8, 4) is 0 Å². The van der Waals surface area contributed by atoms with E-state index in [-0.39, 0.29) is 30.6 Å². The summed E-state index contributed by atoms with van der Waals surface area (Å²) in [7, 11) is 0. The average Bonchev–Trinajstić information content (AvgIpc) is 2.95. The maximum atomic E-state index is 13.1. The molecule has 1 atom stereocenters. The zero-order valence-electron chi connectivity index (χ0n) is 27.6. The molecule has 0 bridgehead atoms. The fraction of sp³-hybridized carbons (Fsp3) is 0.912. The Morgan fingerprint density at radius 3 is 1.43 bits per heavy atom. The predicted octanol–water partition coefficient (Wildman–Crippen LogP) is 8.88. The van der Waals surface area contributed by atoms with Crippen LogP contribution in [0.1, 0.15) is 181 Å². The van der Waals surface area contributed by atoms with Crippen LogP contribution in [-0.4, -0.2) is 36.4 Å². The third kappa shape index (κ3) is 25.2. The Hall–Kier alpha value is -1.34. The summed E-state index contributed by atoms with van der Waals surface area (Å²) in [6, 6.07) is 0. The molecule has 0 unspecified atom stereocenters. The van der Waals surface area contributed by atoms with Gasteiger partial charge < -0.3 is 21.5 Å². The summed E-state index contributed by atoms with van der Waals surface area (Å²) in [6.45, 7) is 5.20. The normalized spacial score (nSPS) is 12.4. The molecule has 0 amide bonds. The van der Waals surface area contributed by atoms with Crippen LogP contribution in [0, 0.1) is 5.41 Å². The van der Waals surface area contributed by atoms with Gasteiger partial charge in [0.05, 0.1) is 6.61 Å². The first-order valence-electron chi connectivity index (χ1n) is 17.5. The van der Waals surface area contributed by atoms with Crippen LogP contribution in [0.4, 0.5) is 0 Å². The number of Topliss-reactive ketones (excluding diaryl/α,β-unsaturated/α-hetero) is 1. The van der Waals surface area contributed by atoms with Crippen LogP contribution in [0.3, 0.4) is 0 Å². The molecule has 0 aromatic rings. The van der Waals surface area contributed by atoms with E-state index in [1.165, 1.54) is 109 Å². The molecule has 7 nitrogen and oxygen atoms in total. The lowest BCUT2D eigenvalue weighted by molar-refractivity contribution is -0.154. The van der Waals surface area contributed by atoms with E-state index in [0.717, 1.165) is 38.5 Å². The molecule has 0 spiro atoms. The number of hydrogen-bond acceptors (Lipinski definition) is 5. The third-order valence-corrected chi connectivity index (χ3v) is 8.16. The highest BCUT2D eigenvalue weighted by Crippen LogP contribution is 2.19. The van der Waals surface area contributed by atoms with Gasteiger partial charge in [-0.05, 0) is 25.7 Å². The Balaban J connectivity index is 0. The molecule has 0 fully saturated rings. The van der Waals surface area contributed by atoms with Crippen molar-refractivity contribution >= 4 is 30.1 Å². The van der Waals surface area contributed by atoms with Crippen molar-refractivity contribution in [2.75, 3.05) is 13.2 Å². The van der Waals surface area contributed by atoms with Gasteiger partial charge in [-0.1, -0.05) is 149 Å². The second-order valence-electron chi connectivity index (χ2n) is 12.1. The van der Waals surface area contributed by atoms with E-state index in [0.29, 0.717) is 26.0 Å². The number of guanidine groups is 1. The van der Waals surface area contributed by atoms with Gasteiger partial charge in [-0.25, -0.2) is 4.79 Å². The van der Waals surface area contributed by atoms with E-state index in [2.05, 4.69) is 19.2 Å². The summed E-state index contributed by atoms with van der Waals surface area (Å²) in [4.78, 5) is 26.1. The smallest absolute Gasteiger partial charge is 0.333 e. The molecule has 6 N–H and O–H groups in total. The van der Waals surface area contributed by atoms with E-state index in [4.69, 9.17) is 21.6 Å². The number of hydrogen-bond donors (Lipinski definition) is 4. The lowest BCUT2D eigenvalue weighted by Crippen LogP contribution is -2.56. The Kier molecular flexibility index (Phi) is 31.7. The van der Waals surface area contributed by atoms with Gasteiger partial charge in [0.2, 0.25) is 0 Å². The van der Waals surface area contributed by atoms with Crippen molar-refractivity contribution in [1.29, 1.82) is 5.41 Å². The second-order valence-corrected chi connectivity index (χ2v) is 12.1. The topological polar surface area (TPSA) is 131 Å². The minimum absolute atomic E-state index is 0. The molecular weight excluding hydrogens is 548 g/mol. The Labute approximate surface area is 265 Å². The van der Waals surface area contributed by atoms with Crippen LogP contribution in [-0.2, 0) is 14.3 Å². The molecule has 0 aliphatic rings. The average molecular weight is 617 g/mol. The summed E-state index contributed by atoms with van der Waals surface area (Å²) < 4.78 is 5.53. The lowest BCUT2D eigenvalue weighted by atomic mass is 9.86. The standard InChI is InChI=1S/C34H68N4O3.ClH/c1-3-5-7-9-11-13-15-16-17-18-20-22-24-27-31(39)34(37,28-26-29-38-33(35)36)32(40)41-30-25-23-21-19-14-12-10-8-6-4-2;/h3-30,37H2,1-2H3,(H4,35,36,38);1H/t34-;/m1./s1. The molecule has 0 aliphatic carbocycles. The number of halogens is 1. The summed E-state index contributed by atoms with van der Waals surface area (Å²) in [5.74, 6) is -0.957. The number of ether oxygens (including phenoxy) is 1. The molecule has 250 valence electrons. The molecule has 8 heteroatoms. The molecule has 42 heavy (non-hydrogen) atoms. The Morgan fingerprint density at radius 2 is 1.02 bits per heavy atom. The first-order valence-corrected chi connectivity index (χ1v) is 17.5. The van der Waals surface area contributed by atoms with Crippen LogP contribution in [0.25, 0.3) is 0 Å². The number of rotatable bonds is 31. The van der Waals surface area contributed by atoms with Crippen LogP contribution in [0.2, 0.25) is 0 Å². The fourth-order valence-corrected chi connectivity index (χ4v) is 5.36. The first kappa shape index (κ1) is 42.8. The number of unbranched alkanes of at least 4 members (excludes halogenated alkanes) is 21. The molecular formula is C34H69ClN4O3. The highest BCUT2D eigenvalue weighted by Gasteiger charge is 2.42. The molecule has 0 aromatic carbocycles. The highest BCUT2D eigenvalue weighted by molar-refractivity contribution is 6.08. The summed E-state index contributed by atoms with van der Waals surface area (Å²) >= 11 is 0. The van der Waals surface area contributed by atoms with E-state index in [1.807, 2.05) is 0 Å². The molecule has 0 rings (SSSR count). The summed E-state index contributed by atoms with van der Waals surface area (Å²) in [6.07, 6.45) is 29.2. The van der Waals surface area contributed by atoms with Crippen molar-refractivity contribution in [1.82, 2.24) is 5.32 Å². The van der Waals surface area contributed by atoms with Crippen molar-refractivity contribution in [2.45, 2.75) is 186 Å². The van der Waals surface area contributed by atoms with Crippen molar-refractivity contribution in [3.63, 3.8) is 0 Å². The minimum atomic E-state index is -1.62. The lowest BCUT2D eigenvalue weighted by Gasteiger charge is -2.26. The Bertz CT molecular complexity index is 650. The first-order chi connectivity index (χ1) is 19.9. The van der Waals surface area contributed by atoms with Gasteiger partial charge in [0.15, 0.2) is 17.3 Å². The van der Waals surface area contributed by atoms with Crippen molar-refractivity contribution in [2.24, 2.45) is 11.5 Å². The Morgan fingerprint density at radius 1 is 0.643 bits per heavy atom. The monoisotopic (exact) mass is 617 g/mol.